The van der Waals surface area contributed by atoms with Crippen LogP contribution in [0.1, 0.15) is 0 Å². The molecule has 1 nitrogen and oxygen atoms in total. The van der Waals surface area contributed by atoms with E-state index in [0.29, 0.717) is 0 Å². The standard InChI is InChI=1S/C11H5ClF3N/c12-6-4-9(14)11(16-5-6)7-2-1-3-8(13)10(7)15/h1-5H. The van der Waals surface area contributed by atoms with Gasteiger partial charge in [-0.05, 0) is 18.2 Å². The quantitative estimate of drug-likeness (QED) is 0.742. The lowest BCUT2D eigenvalue weighted by Crippen LogP contribution is -1.94. The van der Waals surface area contributed by atoms with Gasteiger partial charge in [0.05, 0.1) is 5.02 Å². The number of hydrogen-bond donors (Lipinski definition) is 0. The molecule has 2 rings (SSSR count). The minimum Gasteiger partial charge on any atom is -0.252 e. The second-order valence-corrected chi connectivity index (χ2v) is 3.52. The molecule has 0 unspecified atom stereocenters. The molecule has 0 fully saturated rings. The van der Waals surface area contributed by atoms with Crippen molar-refractivity contribution in [1.29, 1.82) is 0 Å². The van der Waals surface area contributed by atoms with Gasteiger partial charge in [0.1, 0.15) is 5.69 Å². The van der Waals surface area contributed by atoms with Crippen LogP contribution in [0, 0.1) is 17.5 Å². The van der Waals surface area contributed by atoms with Crippen LogP contribution in [0.15, 0.2) is 30.5 Å². The van der Waals surface area contributed by atoms with E-state index in [1.807, 2.05) is 0 Å². The number of halogens is 4. The number of pyridine rings is 1. The van der Waals surface area contributed by atoms with Gasteiger partial charge in [-0.15, -0.1) is 0 Å². The first-order valence-electron chi connectivity index (χ1n) is 4.35. The molecule has 1 aromatic heterocycles. The Hall–Kier alpha value is -1.55. The summed E-state index contributed by atoms with van der Waals surface area (Å²) in [4.78, 5) is 3.64. The van der Waals surface area contributed by atoms with Crippen LogP contribution >= 0.6 is 11.6 Å². The molecule has 0 saturated heterocycles. The summed E-state index contributed by atoms with van der Waals surface area (Å²) in [5.41, 5.74) is -0.490. The molecule has 1 heterocycles. The van der Waals surface area contributed by atoms with E-state index in [4.69, 9.17) is 11.6 Å². The van der Waals surface area contributed by atoms with Crippen LogP contribution < -0.4 is 0 Å². The van der Waals surface area contributed by atoms with Crippen molar-refractivity contribution < 1.29 is 13.2 Å². The third-order valence-electron chi connectivity index (χ3n) is 2.01. The molecule has 0 aliphatic carbocycles. The Kier molecular flexibility index (Phi) is 2.83. The average Bonchev–Trinajstić information content (AvgIpc) is 2.23. The number of hydrogen-bond acceptors (Lipinski definition) is 1. The van der Waals surface area contributed by atoms with Gasteiger partial charge in [-0.25, -0.2) is 13.2 Å². The summed E-state index contributed by atoms with van der Waals surface area (Å²) in [6.07, 6.45) is 1.17. The lowest BCUT2D eigenvalue weighted by atomic mass is 10.1. The fourth-order valence-electron chi connectivity index (χ4n) is 1.30. The fourth-order valence-corrected chi connectivity index (χ4v) is 1.44. The van der Waals surface area contributed by atoms with Gasteiger partial charge in [0, 0.05) is 11.8 Å². The Morgan fingerprint density at radius 3 is 2.50 bits per heavy atom. The van der Waals surface area contributed by atoms with Gasteiger partial charge in [0.25, 0.3) is 0 Å². The first-order chi connectivity index (χ1) is 7.59. The molecule has 0 spiro atoms. The lowest BCUT2D eigenvalue weighted by Gasteiger charge is -2.04. The summed E-state index contributed by atoms with van der Waals surface area (Å²) in [7, 11) is 0. The van der Waals surface area contributed by atoms with Crippen molar-refractivity contribution in [3.63, 3.8) is 0 Å². The highest BCUT2D eigenvalue weighted by Crippen LogP contribution is 2.26. The molecule has 1 aromatic carbocycles. The van der Waals surface area contributed by atoms with Crippen LogP contribution in [0.25, 0.3) is 11.3 Å². The molecule has 0 amide bonds. The van der Waals surface area contributed by atoms with Gasteiger partial charge >= 0.3 is 0 Å². The third kappa shape index (κ3) is 1.88. The molecule has 5 heteroatoms. The Balaban J connectivity index is 2.63. The monoisotopic (exact) mass is 243 g/mol. The molecule has 16 heavy (non-hydrogen) atoms. The summed E-state index contributed by atoms with van der Waals surface area (Å²) in [5, 5.41) is 0.0954. The lowest BCUT2D eigenvalue weighted by molar-refractivity contribution is 0.509. The molecule has 0 aliphatic rings. The van der Waals surface area contributed by atoms with E-state index in [-0.39, 0.29) is 16.3 Å². The summed E-state index contributed by atoms with van der Waals surface area (Å²) in [6.45, 7) is 0. The zero-order valence-electron chi connectivity index (χ0n) is 7.85. The van der Waals surface area contributed by atoms with Crippen LogP contribution in [0.4, 0.5) is 13.2 Å². The van der Waals surface area contributed by atoms with E-state index in [2.05, 4.69) is 4.98 Å². The molecular formula is C11H5ClF3N. The molecule has 0 aliphatic heterocycles. The second-order valence-electron chi connectivity index (χ2n) is 3.09. The van der Waals surface area contributed by atoms with E-state index in [9.17, 15) is 13.2 Å². The Morgan fingerprint density at radius 1 is 1.06 bits per heavy atom. The van der Waals surface area contributed by atoms with Gasteiger partial charge in [-0.1, -0.05) is 17.7 Å². The zero-order chi connectivity index (χ0) is 11.7. The van der Waals surface area contributed by atoms with Gasteiger partial charge in [-0.2, -0.15) is 0 Å². The Labute approximate surface area is 94.5 Å². The van der Waals surface area contributed by atoms with E-state index in [1.165, 1.54) is 18.3 Å². The maximum atomic E-state index is 13.4. The Morgan fingerprint density at radius 2 is 1.81 bits per heavy atom. The van der Waals surface area contributed by atoms with Gasteiger partial charge in [-0.3, -0.25) is 4.98 Å². The first-order valence-corrected chi connectivity index (χ1v) is 4.73. The maximum absolute atomic E-state index is 13.4. The van der Waals surface area contributed by atoms with Crippen molar-refractivity contribution in [2.24, 2.45) is 0 Å². The van der Waals surface area contributed by atoms with E-state index < -0.39 is 17.5 Å². The highest BCUT2D eigenvalue weighted by molar-refractivity contribution is 6.30. The van der Waals surface area contributed by atoms with Crippen LogP contribution in [0.5, 0.6) is 0 Å². The normalized spacial score (nSPS) is 10.5. The van der Waals surface area contributed by atoms with Crippen molar-refractivity contribution in [3.05, 3.63) is 52.9 Å². The van der Waals surface area contributed by atoms with Crippen molar-refractivity contribution in [2.45, 2.75) is 0 Å². The SMILES string of the molecule is Fc1cc(Cl)cnc1-c1cccc(F)c1F. The average molecular weight is 244 g/mol. The van der Waals surface area contributed by atoms with Crippen LogP contribution in [-0.2, 0) is 0 Å². The highest BCUT2D eigenvalue weighted by Gasteiger charge is 2.14. The molecule has 0 radical (unpaired) electrons. The van der Waals surface area contributed by atoms with Crippen molar-refractivity contribution in [3.8, 4) is 11.3 Å². The summed E-state index contributed by atoms with van der Waals surface area (Å²) >= 11 is 5.51. The number of nitrogens with zero attached hydrogens (tertiary/aromatic N) is 1. The minimum absolute atomic E-state index is 0.0954. The molecule has 0 saturated carbocycles. The topological polar surface area (TPSA) is 12.9 Å². The third-order valence-corrected chi connectivity index (χ3v) is 2.22. The predicted molar refractivity (Wildman–Crippen MR) is 54.6 cm³/mol. The van der Waals surface area contributed by atoms with Crippen LogP contribution in [0.2, 0.25) is 5.02 Å². The Bertz CT molecular complexity index is 543. The maximum Gasteiger partial charge on any atom is 0.168 e. The smallest absolute Gasteiger partial charge is 0.168 e. The van der Waals surface area contributed by atoms with Gasteiger partial charge in [0.2, 0.25) is 0 Å². The van der Waals surface area contributed by atoms with Crippen LogP contribution in [-0.4, -0.2) is 4.98 Å². The van der Waals surface area contributed by atoms with Crippen molar-refractivity contribution >= 4 is 11.6 Å². The highest BCUT2D eigenvalue weighted by atomic mass is 35.5. The summed E-state index contributed by atoms with van der Waals surface area (Å²) in [5.74, 6) is -2.97. The fraction of sp³-hybridized carbons (Fsp3) is 0. The van der Waals surface area contributed by atoms with E-state index >= 15 is 0 Å². The van der Waals surface area contributed by atoms with Gasteiger partial charge in [0.15, 0.2) is 17.5 Å². The first kappa shape index (κ1) is 11.0. The number of benzene rings is 1. The van der Waals surface area contributed by atoms with E-state index in [0.717, 1.165) is 12.1 Å². The molecule has 0 atom stereocenters. The molecule has 0 bridgehead atoms. The van der Waals surface area contributed by atoms with Crippen molar-refractivity contribution in [1.82, 2.24) is 4.98 Å². The predicted octanol–water partition coefficient (Wildman–Crippen LogP) is 3.82. The number of rotatable bonds is 1. The second kappa shape index (κ2) is 4.14. The molecule has 2 aromatic rings. The zero-order valence-corrected chi connectivity index (χ0v) is 8.60. The van der Waals surface area contributed by atoms with Crippen molar-refractivity contribution in [2.75, 3.05) is 0 Å². The van der Waals surface area contributed by atoms with E-state index in [1.54, 1.807) is 0 Å². The molecule has 0 N–H and O–H groups in total. The largest absolute Gasteiger partial charge is 0.252 e. The molecular weight excluding hydrogens is 239 g/mol. The molecule has 82 valence electrons. The number of aromatic nitrogens is 1. The summed E-state index contributed by atoms with van der Waals surface area (Å²) in [6, 6.07) is 4.47. The van der Waals surface area contributed by atoms with Gasteiger partial charge < -0.3 is 0 Å². The summed E-state index contributed by atoms with van der Waals surface area (Å²) < 4.78 is 39.7. The minimum atomic E-state index is -1.13. The van der Waals surface area contributed by atoms with Crippen LogP contribution in [0.3, 0.4) is 0 Å².